The molecule has 0 aromatic rings. The molecular weight excluding hydrogens is 615 g/mol. The number of hydrogen-bond acceptors (Lipinski definition) is 9. The van der Waals surface area contributed by atoms with E-state index in [0.29, 0.717) is 31.8 Å². The van der Waals surface area contributed by atoms with Crippen LogP contribution in [-0.2, 0) is 39.4 Å². The van der Waals surface area contributed by atoms with Crippen molar-refractivity contribution in [2.24, 2.45) is 0 Å². The number of nitrogens with one attached hydrogen (secondary N) is 1. The number of alkyl halides is 9. The summed E-state index contributed by atoms with van der Waals surface area (Å²) in [4.78, 5) is 12.4. The predicted octanol–water partition coefficient (Wildman–Crippen LogP) is 2.58. The van der Waals surface area contributed by atoms with Crippen molar-refractivity contribution in [3.05, 3.63) is 0 Å². The molecule has 1 unspecified atom stereocenters. The van der Waals surface area contributed by atoms with E-state index >= 15 is 0 Å². The maximum atomic E-state index is 14.6. The fourth-order valence-electron chi connectivity index (χ4n) is 3.07. The van der Waals surface area contributed by atoms with Crippen molar-refractivity contribution in [3.8, 4) is 6.07 Å². The zero-order chi connectivity index (χ0) is 30.2. The highest BCUT2D eigenvalue weighted by molar-refractivity contribution is 8.05. The van der Waals surface area contributed by atoms with Crippen LogP contribution in [-0.4, -0.2) is 70.4 Å². The lowest BCUT2D eigenvalue weighted by Crippen LogP contribution is -2.66. The zero-order valence-electron chi connectivity index (χ0n) is 18.9. The van der Waals surface area contributed by atoms with E-state index < -0.39 is 79.2 Å². The Morgan fingerprint density at radius 1 is 0.868 bits per heavy atom. The Morgan fingerprint density at radius 2 is 1.32 bits per heavy atom. The third-order valence-electron chi connectivity index (χ3n) is 5.21. The van der Waals surface area contributed by atoms with Crippen molar-refractivity contribution in [1.29, 1.82) is 5.26 Å². The van der Waals surface area contributed by atoms with E-state index in [1.54, 1.807) is 0 Å². The first-order valence-corrected chi connectivity index (χ1v) is 14.7. The number of nitrogens with zero attached hydrogens (tertiary/aromatic N) is 1. The minimum Gasteiger partial charge on any atom is -0.460 e. The molecule has 10 nitrogen and oxygen atoms in total. The van der Waals surface area contributed by atoms with Crippen molar-refractivity contribution in [1.82, 2.24) is 4.13 Å². The van der Waals surface area contributed by atoms with E-state index in [4.69, 9.17) is 5.26 Å². The standard InChI is InChI=1S/C16H19F9N2O8S3/c1-12(8-26,11(28)35-10-6-4-2-3-5-7-10)37(31,32)15(22,23)14(20,21)16(24,25)38(33,34)27-36(29,30)9-13(17,18)19/h10,27H,2-7,9H2,1H3. The summed E-state index contributed by atoms with van der Waals surface area (Å²) in [5.41, 5.74) is 0. The van der Waals surface area contributed by atoms with Crippen LogP contribution in [0.3, 0.4) is 0 Å². The maximum absolute atomic E-state index is 14.6. The number of rotatable bonds is 10. The van der Waals surface area contributed by atoms with Crippen molar-refractivity contribution < 1.29 is 74.3 Å². The van der Waals surface area contributed by atoms with Gasteiger partial charge in [0.15, 0.2) is 5.75 Å². The predicted molar refractivity (Wildman–Crippen MR) is 107 cm³/mol. The molecule has 1 fully saturated rings. The Balaban J connectivity index is 3.52. The number of carbonyl (C=O) groups is 1. The number of ether oxygens (including phenoxy) is 1. The van der Waals surface area contributed by atoms with Crippen LogP contribution < -0.4 is 4.13 Å². The SMILES string of the molecule is CC(C#N)(C(=O)OC1CCCCCC1)S(=O)(=O)C(F)(F)C(F)(F)C(F)(F)S(=O)(=O)NS(=O)(=O)CC(F)(F)F. The molecule has 0 spiro atoms. The third-order valence-corrected chi connectivity index (χ3v) is 11.0. The van der Waals surface area contributed by atoms with Crippen LogP contribution in [0.2, 0.25) is 0 Å². The second-order valence-corrected chi connectivity index (χ2v) is 14.3. The molecule has 1 saturated carbocycles. The fourth-order valence-corrected chi connectivity index (χ4v) is 7.39. The summed E-state index contributed by atoms with van der Waals surface area (Å²) in [6.07, 6.45) is -4.93. The molecule has 1 aliphatic carbocycles. The van der Waals surface area contributed by atoms with Gasteiger partial charge in [0.2, 0.25) is 10.0 Å². The zero-order valence-corrected chi connectivity index (χ0v) is 21.3. The molecule has 0 aliphatic heterocycles. The molecule has 0 aromatic carbocycles. The number of sulfonamides is 2. The van der Waals surface area contributed by atoms with Gasteiger partial charge in [0, 0.05) is 0 Å². The lowest BCUT2D eigenvalue weighted by atomic mass is 10.1. The Bertz CT molecular complexity index is 1270. The van der Waals surface area contributed by atoms with E-state index in [1.807, 2.05) is 0 Å². The first-order chi connectivity index (χ1) is 16.7. The van der Waals surface area contributed by atoms with Gasteiger partial charge in [-0.2, -0.15) is 44.8 Å². The summed E-state index contributed by atoms with van der Waals surface area (Å²) in [5, 5.41) is -5.65. The van der Waals surface area contributed by atoms with Crippen LogP contribution in [0.15, 0.2) is 0 Å². The van der Waals surface area contributed by atoms with Gasteiger partial charge in [-0.1, -0.05) is 12.8 Å². The molecule has 0 aromatic heterocycles. The van der Waals surface area contributed by atoms with Gasteiger partial charge < -0.3 is 4.74 Å². The van der Waals surface area contributed by atoms with Crippen LogP contribution in [0.4, 0.5) is 39.5 Å². The number of carbonyl (C=O) groups excluding carboxylic acids is 1. The molecule has 1 aliphatic rings. The highest BCUT2D eigenvalue weighted by Crippen LogP contribution is 2.53. The quantitative estimate of drug-likeness (QED) is 0.216. The maximum Gasteiger partial charge on any atom is 0.429 e. The van der Waals surface area contributed by atoms with Crippen molar-refractivity contribution in [2.45, 2.75) is 78.9 Å². The Morgan fingerprint density at radius 3 is 1.71 bits per heavy atom. The number of esters is 1. The highest BCUT2D eigenvalue weighted by atomic mass is 32.3. The molecule has 1 atom stereocenters. The van der Waals surface area contributed by atoms with E-state index in [-0.39, 0.29) is 19.8 Å². The summed E-state index contributed by atoms with van der Waals surface area (Å²) < 4.78 is 193. The molecular formula is C16H19F9N2O8S3. The Hall–Kier alpha value is -1.86. The molecule has 1 N–H and O–H groups in total. The smallest absolute Gasteiger partial charge is 0.429 e. The molecule has 38 heavy (non-hydrogen) atoms. The van der Waals surface area contributed by atoms with Gasteiger partial charge >= 0.3 is 28.6 Å². The van der Waals surface area contributed by atoms with Gasteiger partial charge in [-0.3, -0.25) is 0 Å². The summed E-state index contributed by atoms with van der Waals surface area (Å²) in [5.74, 6) is -13.3. The largest absolute Gasteiger partial charge is 0.460 e. The van der Waals surface area contributed by atoms with Gasteiger partial charge in [-0.15, -0.1) is 4.13 Å². The topological polar surface area (TPSA) is 165 Å². The summed E-state index contributed by atoms with van der Waals surface area (Å²) in [6, 6.07) is 0.449. The molecule has 0 bridgehead atoms. The highest BCUT2D eigenvalue weighted by Gasteiger charge is 2.84. The van der Waals surface area contributed by atoms with E-state index in [9.17, 15) is 69.6 Å². The average Bonchev–Trinajstić information content (AvgIpc) is 2.98. The van der Waals surface area contributed by atoms with Gasteiger partial charge in [-0.25, -0.2) is 30.0 Å². The number of halogens is 9. The van der Waals surface area contributed by atoms with Gasteiger partial charge in [0.1, 0.15) is 6.10 Å². The van der Waals surface area contributed by atoms with E-state index in [2.05, 4.69) is 4.74 Å². The second-order valence-electron chi connectivity index (χ2n) is 8.24. The lowest BCUT2D eigenvalue weighted by molar-refractivity contribution is -0.244. The lowest BCUT2D eigenvalue weighted by Gasteiger charge is -2.34. The van der Waals surface area contributed by atoms with Crippen LogP contribution in [0.25, 0.3) is 0 Å². The van der Waals surface area contributed by atoms with Crippen molar-refractivity contribution >= 4 is 35.9 Å². The number of sulfone groups is 1. The number of nitriles is 1. The molecule has 0 radical (unpaired) electrons. The van der Waals surface area contributed by atoms with Gasteiger partial charge in [-0.05, 0) is 32.6 Å². The molecule has 0 saturated heterocycles. The summed E-state index contributed by atoms with van der Waals surface area (Å²) >= 11 is 0. The first-order valence-electron chi connectivity index (χ1n) is 10.0. The van der Waals surface area contributed by atoms with Crippen LogP contribution in [0.5, 0.6) is 0 Å². The minimum atomic E-state index is -7.76. The van der Waals surface area contributed by atoms with E-state index in [0.717, 1.165) is 0 Å². The second kappa shape index (κ2) is 10.6. The Kier molecular flexibility index (Phi) is 9.54. The number of hydrogen-bond donors (Lipinski definition) is 1. The van der Waals surface area contributed by atoms with Gasteiger partial charge in [0.05, 0.1) is 6.07 Å². The minimum absolute atomic E-state index is 0.0359. The molecule has 0 amide bonds. The molecule has 222 valence electrons. The monoisotopic (exact) mass is 634 g/mol. The summed E-state index contributed by atoms with van der Waals surface area (Å²) in [6.45, 7) is -0.204. The first kappa shape index (κ1) is 34.2. The summed E-state index contributed by atoms with van der Waals surface area (Å²) in [7, 11) is -21.7. The third kappa shape index (κ3) is 6.30. The van der Waals surface area contributed by atoms with E-state index in [1.165, 1.54) is 0 Å². The molecule has 22 heteroatoms. The fraction of sp³-hybridized carbons (Fsp3) is 0.875. The molecule has 1 rings (SSSR count). The molecule has 0 heterocycles. The Labute approximate surface area is 210 Å². The van der Waals surface area contributed by atoms with Crippen molar-refractivity contribution in [2.75, 3.05) is 5.75 Å². The average molecular weight is 635 g/mol. The van der Waals surface area contributed by atoms with Crippen LogP contribution in [0.1, 0.15) is 45.4 Å². The van der Waals surface area contributed by atoms with Crippen LogP contribution in [0, 0.1) is 11.3 Å². The normalized spacial score (nSPS) is 19.2. The van der Waals surface area contributed by atoms with Crippen molar-refractivity contribution in [3.63, 3.8) is 0 Å². The van der Waals surface area contributed by atoms with Gasteiger partial charge in [0.25, 0.3) is 24.6 Å². The van der Waals surface area contributed by atoms with Crippen LogP contribution >= 0.6 is 0 Å².